The standard InChI is InChI=1S/C15H21NS/c1-9-8-17-15(16-9)7-14-12-3-10-2-11(5-12)6-13(14)4-10/h8,10-14H,2-7H2,1H3. The topological polar surface area (TPSA) is 12.9 Å². The molecule has 1 nitrogen and oxygen atoms in total. The third kappa shape index (κ3) is 1.76. The summed E-state index contributed by atoms with van der Waals surface area (Å²) >= 11 is 1.88. The van der Waals surface area contributed by atoms with E-state index in [1.165, 1.54) is 17.1 Å². The molecule has 1 aromatic rings. The Morgan fingerprint density at radius 1 is 1.12 bits per heavy atom. The first-order valence-electron chi connectivity index (χ1n) is 7.19. The van der Waals surface area contributed by atoms with Crippen LogP contribution in [0.25, 0.3) is 0 Å². The fourth-order valence-corrected chi connectivity index (χ4v) is 5.91. The molecule has 4 bridgehead atoms. The van der Waals surface area contributed by atoms with Gasteiger partial charge in [0.25, 0.3) is 0 Å². The number of hydrogen-bond acceptors (Lipinski definition) is 2. The quantitative estimate of drug-likeness (QED) is 0.768. The first kappa shape index (κ1) is 10.5. The van der Waals surface area contributed by atoms with Gasteiger partial charge in [0.1, 0.15) is 0 Å². The van der Waals surface area contributed by atoms with Crippen molar-refractivity contribution in [1.82, 2.24) is 4.98 Å². The van der Waals surface area contributed by atoms with E-state index in [0.717, 1.165) is 29.6 Å². The Kier molecular flexibility index (Phi) is 2.36. The second kappa shape index (κ2) is 3.81. The molecule has 4 aliphatic rings. The molecule has 5 rings (SSSR count). The Bertz CT molecular complexity index is 394. The minimum atomic E-state index is 0.980. The molecule has 92 valence electrons. The molecule has 0 atom stereocenters. The number of thiazole rings is 1. The number of nitrogens with zero attached hydrogens (tertiary/aromatic N) is 1. The third-order valence-electron chi connectivity index (χ3n) is 5.50. The highest BCUT2D eigenvalue weighted by atomic mass is 32.1. The molecule has 4 fully saturated rings. The lowest BCUT2D eigenvalue weighted by atomic mass is 9.51. The van der Waals surface area contributed by atoms with Crippen molar-refractivity contribution >= 4 is 11.3 Å². The summed E-state index contributed by atoms with van der Waals surface area (Å²) in [6, 6.07) is 0. The van der Waals surface area contributed by atoms with Gasteiger partial charge in [0, 0.05) is 17.5 Å². The van der Waals surface area contributed by atoms with Gasteiger partial charge in [0.05, 0.1) is 5.01 Å². The van der Waals surface area contributed by atoms with Crippen molar-refractivity contribution in [2.24, 2.45) is 29.6 Å². The van der Waals surface area contributed by atoms with Gasteiger partial charge in [-0.05, 0) is 68.6 Å². The number of aromatic nitrogens is 1. The van der Waals surface area contributed by atoms with Gasteiger partial charge in [-0.25, -0.2) is 4.98 Å². The van der Waals surface area contributed by atoms with Crippen molar-refractivity contribution in [2.45, 2.75) is 45.4 Å². The van der Waals surface area contributed by atoms with E-state index in [4.69, 9.17) is 0 Å². The summed E-state index contributed by atoms with van der Waals surface area (Å²) in [5, 5.41) is 3.62. The Balaban J connectivity index is 1.54. The summed E-state index contributed by atoms with van der Waals surface area (Å²) in [6.45, 7) is 2.12. The monoisotopic (exact) mass is 247 g/mol. The number of hydrogen-bond donors (Lipinski definition) is 0. The average molecular weight is 247 g/mol. The predicted molar refractivity (Wildman–Crippen MR) is 71.1 cm³/mol. The normalized spacial score (nSPS) is 43.2. The van der Waals surface area contributed by atoms with Gasteiger partial charge in [0.2, 0.25) is 0 Å². The van der Waals surface area contributed by atoms with Crippen molar-refractivity contribution in [3.05, 3.63) is 16.1 Å². The first-order valence-corrected chi connectivity index (χ1v) is 8.07. The molecule has 0 aliphatic heterocycles. The van der Waals surface area contributed by atoms with Gasteiger partial charge < -0.3 is 0 Å². The molecular formula is C15H21NS. The van der Waals surface area contributed by atoms with E-state index >= 15 is 0 Å². The van der Waals surface area contributed by atoms with Crippen molar-refractivity contribution < 1.29 is 0 Å². The fourth-order valence-electron chi connectivity index (χ4n) is 5.07. The van der Waals surface area contributed by atoms with Gasteiger partial charge in [-0.15, -0.1) is 11.3 Å². The number of rotatable bonds is 2. The molecule has 0 unspecified atom stereocenters. The van der Waals surface area contributed by atoms with Crippen LogP contribution in [-0.4, -0.2) is 4.98 Å². The van der Waals surface area contributed by atoms with Gasteiger partial charge in [-0.1, -0.05) is 0 Å². The van der Waals surface area contributed by atoms with Crippen molar-refractivity contribution in [1.29, 1.82) is 0 Å². The Morgan fingerprint density at radius 2 is 1.76 bits per heavy atom. The SMILES string of the molecule is Cc1csc(CC2C3CC4CC(C3)CC2C4)n1. The molecule has 17 heavy (non-hydrogen) atoms. The van der Waals surface area contributed by atoms with Crippen LogP contribution in [0.15, 0.2) is 5.38 Å². The molecule has 4 aliphatic carbocycles. The van der Waals surface area contributed by atoms with Crippen molar-refractivity contribution in [3.63, 3.8) is 0 Å². The second-order valence-electron chi connectivity index (χ2n) is 6.68. The predicted octanol–water partition coefficient (Wildman–Crippen LogP) is 4.07. The van der Waals surface area contributed by atoms with Crippen molar-refractivity contribution in [3.8, 4) is 0 Å². The second-order valence-corrected chi connectivity index (χ2v) is 7.62. The Morgan fingerprint density at radius 3 is 2.29 bits per heavy atom. The molecule has 2 heteroatoms. The van der Waals surface area contributed by atoms with Gasteiger partial charge in [-0.3, -0.25) is 0 Å². The van der Waals surface area contributed by atoms with Crippen LogP contribution >= 0.6 is 11.3 Å². The van der Waals surface area contributed by atoms with Crippen LogP contribution in [0.3, 0.4) is 0 Å². The molecule has 1 heterocycles. The third-order valence-corrected chi connectivity index (χ3v) is 6.49. The molecule has 0 saturated heterocycles. The highest BCUT2D eigenvalue weighted by Crippen LogP contribution is 2.57. The van der Waals surface area contributed by atoms with E-state index in [-0.39, 0.29) is 0 Å². The van der Waals surface area contributed by atoms with Crippen LogP contribution in [0, 0.1) is 36.5 Å². The summed E-state index contributed by atoms with van der Waals surface area (Å²) in [6.07, 6.45) is 9.03. The van der Waals surface area contributed by atoms with Crippen molar-refractivity contribution in [2.75, 3.05) is 0 Å². The van der Waals surface area contributed by atoms with Crippen LogP contribution in [-0.2, 0) is 6.42 Å². The van der Waals surface area contributed by atoms with Crippen LogP contribution < -0.4 is 0 Å². The summed E-state index contributed by atoms with van der Waals surface area (Å²) in [5.41, 5.74) is 1.22. The minimum absolute atomic E-state index is 0.980. The molecule has 0 aromatic carbocycles. The maximum atomic E-state index is 4.68. The summed E-state index contributed by atoms with van der Waals surface area (Å²) in [5.74, 6) is 5.29. The van der Waals surface area contributed by atoms with Crippen LogP contribution in [0.1, 0.15) is 42.8 Å². The Hall–Kier alpha value is -0.370. The smallest absolute Gasteiger partial charge is 0.0931 e. The zero-order valence-corrected chi connectivity index (χ0v) is 11.4. The first-order chi connectivity index (χ1) is 8.28. The van der Waals surface area contributed by atoms with E-state index < -0.39 is 0 Å². The maximum Gasteiger partial charge on any atom is 0.0931 e. The molecule has 0 N–H and O–H groups in total. The van der Waals surface area contributed by atoms with Gasteiger partial charge >= 0.3 is 0 Å². The summed E-state index contributed by atoms with van der Waals surface area (Å²) in [4.78, 5) is 4.68. The fraction of sp³-hybridized carbons (Fsp3) is 0.800. The van der Waals surface area contributed by atoms with Gasteiger partial charge in [-0.2, -0.15) is 0 Å². The lowest BCUT2D eigenvalue weighted by Crippen LogP contribution is -2.45. The largest absolute Gasteiger partial charge is 0.247 e. The highest BCUT2D eigenvalue weighted by molar-refractivity contribution is 7.09. The number of aryl methyl sites for hydroxylation is 1. The van der Waals surface area contributed by atoms with E-state index in [1.54, 1.807) is 32.1 Å². The zero-order valence-electron chi connectivity index (χ0n) is 10.6. The molecule has 1 aromatic heterocycles. The average Bonchev–Trinajstić information content (AvgIpc) is 2.68. The summed E-state index contributed by atoms with van der Waals surface area (Å²) in [7, 11) is 0. The lowest BCUT2D eigenvalue weighted by molar-refractivity contribution is -0.0360. The van der Waals surface area contributed by atoms with E-state index in [0.29, 0.717) is 0 Å². The van der Waals surface area contributed by atoms with E-state index in [2.05, 4.69) is 17.3 Å². The van der Waals surface area contributed by atoms with Crippen LogP contribution in [0.2, 0.25) is 0 Å². The Labute approximate surface area is 108 Å². The molecule has 0 amide bonds. The van der Waals surface area contributed by atoms with Gasteiger partial charge in [0.15, 0.2) is 0 Å². The molecule has 0 radical (unpaired) electrons. The summed E-state index contributed by atoms with van der Waals surface area (Å²) < 4.78 is 0. The minimum Gasteiger partial charge on any atom is -0.247 e. The highest BCUT2D eigenvalue weighted by Gasteiger charge is 2.47. The molecule has 0 spiro atoms. The van der Waals surface area contributed by atoms with E-state index in [9.17, 15) is 0 Å². The van der Waals surface area contributed by atoms with Crippen LogP contribution in [0.5, 0.6) is 0 Å². The zero-order chi connectivity index (χ0) is 11.4. The lowest BCUT2D eigenvalue weighted by Gasteiger charge is -2.54. The maximum absolute atomic E-state index is 4.68. The molecule has 4 saturated carbocycles. The molecular weight excluding hydrogens is 226 g/mol. The van der Waals surface area contributed by atoms with E-state index in [1.807, 2.05) is 11.3 Å². The van der Waals surface area contributed by atoms with Crippen LogP contribution in [0.4, 0.5) is 0 Å².